The van der Waals surface area contributed by atoms with Gasteiger partial charge in [0.25, 0.3) is 0 Å². The first-order chi connectivity index (χ1) is 15.1. The molecular weight excluding hydrogens is 436 g/mol. The van der Waals surface area contributed by atoms with Crippen LogP contribution < -0.4 is 10.2 Å². The van der Waals surface area contributed by atoms with Crippen LogP contribution in [-0.2, 0) is 10.8 Å². The van der Waals surface area contributed by atoms with Gasteiger partial charge in [0, 0.05) is 30.2 Å². The molecule has 8 nitrogen and oxygen atoms in total. The molecule has 10 heteroatoms. The molecule has 31 heavy (non-hydrogen) atoms. The van der Waals surface area contributed by atoms with Crippen molar-refractivity contribution in [3.05, 3.63) is 28.9 Å². The van der Waals surface area contributed by atoms with Crippen LogP contribution in [0.25, 0.3) is 0 Å². The average molecular weight is 461 g/mol. The Morgan fingerprint density at radius 3 is 2.61 bits per heavy atom. The quantitative estimate of drug-likeness (QED) is 0.701. The van der Waals surface area contributed by atoms with Gasteiger partial charge in [0.1, 0.15) is 16.5 Å². The first-order valence-electron chi connectivity index (χ1n) is 11.0. The van der Waals surface area contributed by atoms with Crippen molar-refractivity contribution >= 4 is 34.2 Å². The molecule has 1 saturated heterocycles. The topological polar surface area (TPSA) is 104 Å². The lowest BCUT2D eigenvalue weighted by Gasteiger charge is -2.42. The Labute approximate surface area is 188 Å². The Hall–Kier alpha value is -1.84. The molecule has 6 rings (SSSR count). The molecule has 3 atom stereocenters. The third kappa shape index (κ3) is 3.32. The van der Waals surface area contributed by atoms with Crippen molar-refractivity contribution in [1.82, 2.24) is 19.9 Å². The molecule has 2 aromatic rings. The first-order valence-corrected chi connectivity index (χ1v) is 12.6. The molecule has 3 fully saturated rings. The van der Waals surface area contributed by atoms with Crippen LogP contribution in [0.2, 0.25) is 5.02 Å². The van der Waals surface area contributed by atoms with Gasteiger partial charge in [-0.15, -0.1) is 0 Å². The minimum Gasteiger partial charge on any atom is -0.394 e. The molecule has 0 spiro atoms. The zero-order chi connectivity index (χ0) is 21.2. The summed E-state index contributed by atoms with van der Waals surface area (Å²) < 4.78 is 12.9. The van der Waals surface area contributed by atoms with E-state index < -0.39 is 10.8 Å². The number of fused-ring (bicyclic) bond motifs is 3. The number of hydrogen-bond donors (Lipinski definition) is 2. The summed E-state index contributed by atoms with van der Waals surface area (Å²) in [4.78, 5) is 21.5. The van der Waals surface area contributed by atoms with Gasteiger partial charge in [0.2, 0.25) is 5.95 Å². The summed E-state index contributed by atoms with van der Waals surface area (Å²) in [7, 11) is -1.05. The lowest BCUT2D eigenvalue weighted by atomic mass is 9.77. The zero-order valence-electron chi connectivity index (χ0n) is 17.1. The van der Waals surface area contributed by atoms with E-state index in [1.807, 2.05) is 0 Å². The maximum atomic E-state index is 12.9. The fourth-order valence-electron chi connectivity index (χ4n) is 5.03. The second kappa shape index (κ2) is 7.35. The van der Waals surface area contributed by atoms with Gasteiger partial charge in [-0.2, -0.15) is 0 Å². The Morgan fingerprint density at radius 1 is 1.23 bits per heavy atom. The molecule has 0 aromatic carbocycles. The highest BCUT2D eigenvalue weighted by atomic mass is 35.5. The van der Waals surface area contributed by atoms with Crippen LogP contribution in [0.3, 0.4) is 0 Å². The molecule has 2 aliphatic heterocycles. The van der Waals surface area contributed by atoms with E-state index in [0.717, 1.165) is 68.0 Å². The monoisotopic (exact) mass is 460 g/mol. The molecule has 0 amide bonds. The van der Waals surface area contributed by atoms with Gasteiger partial charge in [0.15, 0.2) is 0 Å². The van der Waals surface area contributed by atoms with E-state index in [1.165, 1.54) is 0 Å². The van der Waals surface area contributed by atoms with Crippen molar-refractivity contribution in [2.75, 3.05) is 29.9 Å². The molecule has 2 aliphatic carbocycles. The molecule has 2 aromatic heterocycles. The number of aromatic nitrogens is 4. The van der Waals surface area contributed by atoms with Crippen molar-refractivity contribution in [1.29, 1.82) is 0 Å². The van der Waals surface area contributed by atoms with Crippen molar-refractivity contribution < 1.29 is 9.32 Å². The zero-order valence-corrected chi connectivity index (χ0v) is 18.7. The predicted octanol–water partition coefficient (Wildman–Crippen LogP) is 2.61. The molecule has 2 saturated carbocycles. The number of halogens is 1. The summed E-state index contributed by atoms with van der Waals surface area (Å²) in [5.74, 6) is 2.79. The molecule has 4 heterocycles. The largest absolute Gasteiger partial charge is 0.394 e. The van der Waals surface area contributed by atoms with Crippen LogP contribution in [0.5, 0.6) is 0 Å². The normalized spacial score (nSPS) is 28.6. The number of nitrogens with one attached hydrogen (secondary N) is 1. The highest BCUT2D eigenvalue weighted by Crippen LogP contribution is 2.56. The summed E-state index contributed by atoms with van der Waals surface area (Å²) in [6.07, 6.45) is 8.95. The SMILES string of the molecule is O=[S@@]1c2c(NC3(CO)CCC3)nc(C3CCN(c4ncc(Cl)cn4)CC3)nc2C2CC21. The molecule has 164 valence electrons. The molecule has 4 aliphatic rings. The number of rotatable bonds is 5. The number of nitrogens with zero attached hydrogens (tertiary/aromatic N) is 5. The van der Waals surface area contributed by atoms with Crippen LogP contribution in [0.15, 0.2) is 17.3 Å². The molecule has 2 N–H and O–H groups in total. The lowest BCUT2D eigenvalue weighted by Crippen LogP contribution is -2.48. The second-order valence-electron chi connectivity index (χ2n) is 9.20. The van der Waals surface area contributed by atoms with Crippen molar-refractivity contribution in [2.24, 2.45) is 0 Å². The summed E-state index contributed by atoms with van der Waals surface area (Å²) in [5.41, 5.74) is 0.651. The molecular formula is C21H25ClN6O2S. The van der Waals surface area contributed by atoms with E-state index in [2.05, 4.69) is 20.2 Å². The van der Waals surface area contributed by atoms with Gasteiger partial charge >= 0.3 is 0 Å². The third-order valence-electron chi connectivity index (χ3n) is 7.21. The van der Waals surface area contributed by atoms with Gasteiger partial charge in [-0.25, -0.2) is 19.9 Å². The minimum atomic E-state index is -1.05. The smallest absolute Gasteiger partial charge is 0.225 e. The predicted molar refractivity (Wildman–Crippen MR) is 118 cm³/mol. The van der Waals surface area contributed by atoms with Gasteiger partial charge in [-0.1, -0.05) is 11.6 Å². The Morgan fingerprint density at radius 2 is 1.97 bits per heavy atom. The highest BCUT2D eigenvalue weighted by molar-refractivity contribution is 7.86. The van der Waals surface area contributed by atoms with Crippen LogP contribution >= 0.6 is 11.6 Å². The van der Waals surface area contributed by atoms with E-state index in [-0.39, 0.29) is 23.3 Å². The Bertz CT molecular complexity index is 1030. The van der Waals surface area contributed by atoms with Crippen molar-refractivity contribution in [3.8, 4) is 0 Å². The fourth-order valence-corrected chi connectivity index (χ4v) is 6.93. The van der Waals surface area contributed by atoms with E-state index >= 15 is 0 Å². The van der Waals surface area contributed by atoms with Gasteiger partial charge < -0.3 is 15.3 Å². The van der Waals surface area contributed by atoms with Gasteiger partial charge in [0.05, 0.1) is 46.1 Å². The number of anilines is 2. The van der Waals surface area contributed by atoms with E-state index in [1.54, 1.807) is 12.4 Å². The van der Waals surface area contributed by atoms with E-state index in [0.29, 0.717) is 22.7 Å². The Balaban J connectivity index is 1.26. The molecule has 0 radical (unpaired) electrons. The number of hydrogen-bond acceptors (Lipinski definition) is 8. The van der Waals surface area contributed by atoms with E-state index in [4.69, 9.17) is 21.6 Å². The van der Waals surface area contributed by atoms with Crippen molar-refractivity contribution in [3.63, 3.8) is 0 Å². The van der Waals surface area contributed by atoms with Gasteiger partial charge in [-0.05, 0) is 38.5 Å². The third-order valence-corrected chi connectivity index (χ3v) is 9.29. The average Bonchev–Trinajstić information content (AvgIpc) is 3.52. The van der Waals surface area contributed by atoms with Crippen molar-refractivity contribution in [2.45, 2.75) is 66.0 Å². The van der Waals surface area contributed by atoms with Crippen LogP contribution in [0.1, 0.15) is 61.9 Å². The fraction of sp³-hybridized carbons (Fsp3) is 0.619. The summed E-state index contributed by atoms with van der Waals surface area (Å²) in [5, 5.41) is 14.2. The standard InChI is InChI=1S/C21H25ClN6O2S/c22-13-9-23-20(24-10-13)28-6-2-12(3-7-28)18-25-16-14-8-15(14)31(30)17(16)19(26-18)27-21(11-29)4-1-5-21/h9-10,12,14-15,29H,1-8,11H2,(H,25,26,27)/t14?,15?,31-/m0/s1. The van der Waals surface area contributed by atoms with E-state index in [9.17, 15) is 9.32 Å². The number of aliphatic hydroxyl groups is 1. The number of aliphatic hydroxyl groups excluding tert-OH is 1. The summed E-state index contributed by atoms with van der Waals surface area (Å²) in [6, 6.07) is 0. The molecule has 0 bridgehead atoms. The maximum absolute atomic E-state index is 12.9. The van der Waals surface area contributed by atoms with Gasteiger partial charge in [-0.3, -0.25) is 4.21 Å². The summed E-state index contributed by atoms with van der Waals surface area (Å²) in [6.45, 7) is 1.72. The number of piperidine rings is 1. The summed E-state index contributed by atoms with van der Waals surface area (Å²) >= 11 is 5.91. The molecule has 2 unspecified atom stereocenters. The van der Waals surface area contributed by atoms with Crippen LogP contribution in [-0.4, -0.2) is 59.7 Å². The first kappa shape index (κ1) is 19.8. The highest BCUT2D eigenvalue weighted by Gasteiger charge is 2.54. The maximum Gasteiger partial charge on any atom is 0.225 e. The Kier molecular flexibility index (Phi) is 4.70. The lowest BCUT2D eigenvalue weighted by molar-refractivity contribution is 0.143. The second-order valence-corrected chi connectivity index (χ2v) is 11.2. The van der Waals surface area contributed by atoms with Crippen LogP contribution in [0.4, 0.5) is 11.8 Å². The van der Waals surface area contributed by atoms with Crippen LogP contribution in [0, 0.1) is 0 Å². The minimum absolute atomic E-state index is 0.0695.